The first-order valence-corrected chi connectivity index (χ1v) is 12.2. The van der Waals surface area contributed by atoms with Crippen molar-refractivity contribution in [3.63, 3.8) is 0 Å². The number of ketones is 1. The number of Topliss-reactive ketones (excluding diaryl/α,β-unsaturated/α-hetero) is 1. The third-order valence-corrected chi connectivity index (χ3v) is 7.63. The van der Waals surface area contributed by atoms with Crippen LogP contribution < -0.4 is 0 Å². The van der Waals surface area contributed by atoms with Crippen molar-refractivity contribution in [1.29, 1.82) is 0 Å². The molecule has 2 bridgehead atoms. The topological polar surface area (TPSA) is 74.8 Å². The van der Waals surface area contributed by atoms with Gasteiger partial charge in [0.05, 0.1) is 22.4 Å². The number of hydrogen-bond donors (Lipinski definition) is 0. The molecule has 1 saturated carbocycles. The van der Waals surface area contributed by atoms with Crippen molar-refractivity contribution in [2.75, 3.05) is 5.88 Å². The maximum Gasteiger partial charge on any atom is 0.275 e. The van der Waals surface area contributed by atoms with Crippen LogP contribution in [0.5, 0.6) is 0 Å². The van der Waals surface area contributed by atoms with Crippen molar-refractivity contribution in [1.82, 2.24) is 10.0 Å². The Morgan fingerprint density at radius 3 is 2.17 bits per heavy atom. The maximum absolute atomic E-state index is 13.9. The van der Waals surface area contributed by atoms with Crippen LogP contribution in [-0.2, 0) is 9.59 Å². The second-order valence-corrected chi connectivity index (χ2v) is 9.77. The highest BCUT2D eigenvalue weighted by atomic mass is 35.5. The second kappa shape index (κ2) is 9.21. The van der Waals surface area contributed by atoms with Crippen LogP contribution >= 0.6 is 23.2 Å². The number of allylic oxidation sites excluding steroid dienone is 2. The minimum absolute atomic E-state index is 0.0280. The van der Waals surface area contributed by atoms with E-state index in [9.17, 15) is 23.6 Å². The summed E-state index contributed by atoms with van der Waals surface area (Å²) in [5.74, 6) is -4.21. The van der Waals surface area contributed by atoms with Crippen LogP contribution in [-0.4, -0.2) is 45.4 Å². The summed E-state index contributed by atoms with van der Waals surface area (Å²) in [5.41, 5.74) is 0.166. The SMILES string of the molecule is O=C(c1ccc(F)cc1)[C@H](CCCl)N(C(=O)c1ccccc1Cl)N1C(=O)[C@H]2[C@H](C1=O)[C@H]1C=C[C@H]2C1. The van der Waals surface area contributed by atoms with Gasteiger partial charge in [-0.05, 0) is 61.1 Å². The lowest BCUT2D eigenvalue weighted by atomic mass is 9.85. The average molecular weight is 515 g/mol. The molecule has 3 aliphatic rings. The molecule has 2 aromatic rings. The molecule has 2 aliphatic carbocycles. The van der Waals surface area contributed by atoms with Gasteiger partial charge in [-0.25, -0.2) is 9.40 Å². The molecule has 1 aliphatic heterocycles. The van der Waals surface area contributed by atoms with Crippen molar-refractivity contribution in [2.45, 2.75) is 18.9 Å². The number of carbonyl (C=O) groups is 4. The van der Waals surface area contributed by atoms with Gasteiger partial charge >= 0.3 is 0 Å². The van der Waals surface area contributed by atoms with E-state index >= 15 is 0 Å². The van der Waals surface area contributed by atoms with E-state index in [1.165, 1.54) is 24.3 Å². The highest BCUT2D eigenvalue weighted by Crippen LogP contribution is 2.53. The summed E-state index contributed by atoms with van der Waals surface area (Å²) in [6.45, 7) is 0. The summed E-state index contributed by atoms with van der Waals surface area (Å²) >= 11 is 12.3. The smallest absolute Gasteiger partial charge is 0.275 e. The zero-order valence-electron chi connectivity index (χ0n) is 18.4. The van der Waals surface area contributed by atoms with Gasteiger partial charge in [-0.3, -0.25) is 19.2 Å². The molecule has 0 radical (unpaired) electrons. The van der Waals surface area contributed by atoms with E-state index in [0.29, 0.717) is 0 Å². The molecule has 0 N–H and O–H groups in total. The number of imide groups is 1. The van der Waals surface area contributed by atoms with Crippen LogP contribution in [0.1, 0.15) is 33.6 Å². The zero-order valence-corrected chi connectivity index (χ0v) is 20.0. The first-order valence-electron chi connectivity index (χ1n) is 11.3. The standard InChI is InChI=1S/C26H21Cl2FN2O4/c27-12-11-20(23(32)14-7-9-17(29)10-8-14)30(24(33)18-3-1-2-4-19(18)28)31-25(34)21-15-5-6-16(13-15)22(21)26(31)35/h1-10,15-16,20-22H,11-13H2/t15-,16-,20-,21+,22+/m0/s1. The van der Waals surface area contributed by atoms with E-state index in [1.54, 1.807) is 12.1 Å². The molecule has 2 fully saturated rings. The maximum atomic E-state index is 13.9. The largest absolute Gasteiger partial charge is 0.292 e. The van der Waals surface area contributed by atoms with Gasteiger partial charge in [0.1, 0.15) is 11.9 Å². The third kappa shape index (κ3) is 3.87. The van der Waals surface area contributed by atoms with E-state index in [4.69, 9.17) is 23.2 Å². The van der Waals surface area contributed by atoms with E-state index in [2.05, 4.69) is 0 Å². The predicted molar refractivity (Wildman–Crippen MR) is 127 cm³/mol. The highest BCUT2D eigenvalue weighted by molar-refractivity contribution is 6.34. The van der Waals surface area contributed by atoms with Gasteiger partial charge in [0, 0.05) is 11.4 Å². The molecular weight excluding hydrogens is 494 g/mol. The van der Waals surface area contributed by atoms with Crippen molar-refractivity contribution in [2.24, 2.45) is 23.7 Å². The second-order valence-electron chi connectivity index (χ2n) is 8.98. The van der Waals surface area contributed by atoms with Gasteiger partial charge in [0.25, 0.3) is 17.7 Å². The van der Waals surface area contributed by atoms with E-state index in [1.807, 2.05) is 12.2 Å². The third-order valence-electron chi connectivity index (χ3n) is 7.08. The minimum Gasteiger partial charge on any atom is -0.292 e. The predicted octanol–water partition coefficient (Wildman–Crippen LogP) is 4.52. The van der Waals surface area contributed by atoms with Gasteiger partial charge in [0.2, 0.25) is 0 Å². The number of halogens is 3. The lowest BCUT2D eigenvalue weighted by Crippen LogP contribution is -2.58. The number of amides is 3. The van der Waals surface area contributed by atoms with Crippen LogP contribution in [0.4, 0.5) is 4.39 Å². The Hall–Kier alpha value is -3.03. The van der Waals surface area contributed by atoms with Gasteiger partial charge in [0.15, 0.2) is 5.78 Å². The molecule has 5 rings (SSSR count). The highest BCUT2D eigenvalue weighted by Gasteiger charge is 2.62. The number of nitrogens with zero attached hydrogens (tertiary/aromatic N) is 2. The first-order chi connectivity index (χ1) is 16.8. The van der Waals surface area contributed by atoms with Crippen molar-refractivity contribution < 1.29 is 23.6 Å². The number of carbonyl (C=O) groups excluding carboxylic acids is 4. The number of benzene rings is 2. The summed E-state index contributed by atoms with van der Waals surface area (Å²) in [4.78, 5) is 54.7. The Morgan fingerprint density at radius 2 is 1.60 bits per heavy atom. The normalized spacial score (nSPS) is 25.2. The van der Waals surface area contributed by atoms with Crippen LogP contribution in [0.2, 0.25) is 5.02 Å². The summed E-state index contributed by atoms with van der Waals surface area (Å²) < 4.78 is 13.5. The fourth-order valence-corrected chi connectivity index (χ4v) is 5.93. The molecule has 2 aromatic carbocycles. The molecule has 9 heteroatoms. The van der Waals surface area contributed by atoms with Gasteiger partial charge < -0.3 is 0 Å². The Morgan fingerprint density at radius 1 is 1.00 bits per heavy atom. The minimum atomic E-state index is -1.28. The molecule has 0 unspecified atom stereocenters. The molecule has 6 nitrogen and oxygen atoms in total. The van der Waals surface area contributed by atoms with E-state index in [0.717, 1.165) is 28.6 Å². The molecule has 35 heavy (non-hydrogen) atoms. The molecule has 3 amide bonds. The quantitative estimate of drug-likeness (QED) is 0.235. The van der Waals surface area contributed by atoms with Gasteiger partial charge in [-0.1, -0.05) is 35.9 Å². The summed E-state index contributed by atoms with van der Waals surface area (Å²) in [7, 11) is 0. The molecule has 0 aromatic heterocycles. The average Bonchev–Trinajstić information content (AvgIpc) is 3.54. The number of hydrazine groups is 1. The van der Waals surface area contributed by atoms with Crippen LogP contribution in [0.3, 0.4) is 0 Å². The summed E-state index contributed by atoms with van der Waals surface area (Å²) in [5, 5.41) is 1.88. The molecule has 1 heterocycles. The monoisotopic (exact) mass is 514 g/mol. The van der Waals surface area contributed by atoms with E-state index in [-0.39, 0.29) is 40.3 Å². The van der Waals surface area contributed by atoms with Crippen molar-refractivity contribution in [3.8, 4) is 0 Å². The molecule has 5 atom stereocenters. The summed E-state index contributed by atoms with van der Waals surface area (Å²) in [6, 6.07) is 9.79. The van der Waals surface area contributed by atoms with Gasteiger partial charge in [-0.15, -0.1) is 11.6 Å². The lowest BCUT2D eigenvalue weighted by Gasteiger charge is -2.37. The van der Waals surface area contributed by atoms with E-state index < -0.39 is 47.2 Å². The van der Waals surface area contributed by atoms with Crippen molar-refractivity contribution in [3.05, 3.63) is 82.6 Å². The molecule has 1 saturated heterocycles. The molecule has 180 valence electrons. The Labute approximate surface area is 211 Å². The van der Waals surface area contributed by atoms with Crippen molar-refractivity contribution >= 4 is 46.7 Å². The van der Waals surface area contributed by atoms with Gasteiger partial charge in [-0.2, -0.15) is 5.01 Å². The number of fused-ring (bicyclic) bond motifs is 5. The lowest BCUT2D eigenvalue weighted by molar-refractivity contribution is -0.157. The number of rotatable bonds is 7. The first kappa shape index (κ1) is 23.7. The number of hydrogen-bond acceptors (Lipinski definition) is 4. The summed E-state index contributed by atoms with van der Waals surface area (Å²) in [6.07, 6.45) is 4.57. The Kier molecular flexibility index (Phi) is 6.23. The fourth-order valence-electron chi connectivity index (χ4n) is 5.50. The molecule has 0 spiro atoms. The van der Waals surface area contributed by atoms with Crippen LogP contribution in [0, 0.1) is 29.5 Å². The Balaban J connectivity index is 1.60. The number of alkyl halides is 1. The molecular formula is C26H21Cl2FN2O4. The Bertz CT molecular complexity index is 1220. The zero-order chi connectivity index (χ0) is 24.9. The van der Waals surface area contributed by atoms with Crippen LogP contribution in [0.25, 0.3) is 0 Å². The van der Waals surface area contributed by atoms with Crippen LogP contribution in [0.15, 0.2) is 60.7 Å². The fraction of sp³-hybridized carbons (Fsp3) is 0.308.